The Balaban J connectivity index is 1.43. The molecule has 1 N–H and O–H groups in total. The van der Waals surface area contributed by atoms with Crippen molar-refractivity contribution in [2.75, 3.05) is 43.0 Å². The summed E-state index contributed by atoms with van der Waals surface area (Å²) in [6.07, 6.45) is 3.71. The van der Waals surface area contributed by atoms with Crippen molar-refractivity contribution >= 4 is 40.6 Å². The first-order valence-electron chi connectivity index (χ1n) is 14.3. The lowest BCUT2D eigenvalue weighted by atomic mass is 9.90. The van der Waals surface area contributed by atoms with Gasteiger partial charge in [0, 0.05) is 31.4 Å². The maximum atomic E-state index is 13.3. The maximum absolute atomic E-state index is 13.3. The van der Waals surface area contributed by atoms with Crippen molar-refractivity contribution in [2.45, 2.75) is 39.0 Å². The van der Waals surface area contributed by atoms with Crippen LogP contribution in [0, 0.1) is 0 Å². The fourth-order valence-electron chi connectivity index (χ4n) is 5.52. The van der Waals surface area contributed by atoms with Gasteiger partial charge in [0.2, 0.25) is 11.8 Å². The van der Waals surface area contributed by atoms with Crippen LogP contribution in [-0.2, 0) is 14.3 Å². The van der Waals surface area contributed by atoms with E-state index in [0.29, 0.717) is 29.2 Å². The molecular formula is C33H36N4O4. The van der Waals surface area contributed by atoms with Gasteiger partial charge in [0.1, 0.15) is 5.92 Å². The summed E-state index contributed by atoms with van der Waals surface area (Å²) in [7, 11) is 0. The molecule has 1 fully saturated rings. The lowest BCUT2D eigenvalue weighted by Crippen LogP contribution is -2.39. The van der Waals surface area contributed by atoms with Gasteiger partial charge < -0.3 is 19.9 Å². The minimum atomic E-state index is -0.651. The first kappa shape index (κ1) is 28.2. The van der Waals surface area contributed by atoms with Crippen LogP contribution in [0.5, 0.6) is 0 Å². The number of hydrogen-bond acceptors (Lipinski definition) is 6. The molecule has 8 heteroatoms. The molecule has 0 radical (unpaired) electrons. The fourth-order valence-corrected chi connectivity index (χ4v) is 5.52. The van der Waals surface area contributed by atoms with E-state index in [1.165, 1.54) is 19.3 Å². The molecule has 0 aliphatic carbocycles. The van der Waals surface area contributed by atoms with Crippen molar-refractivity contribution < 1.29 is 19.1 Å². The van der Waals surface area contributed by atoms with E-state index >= 15 is 0 Å². The van der Waals surface area contributed by atoms with Gasteiger partial charge >= 0.3 is 5.97 Å². The Kier molecular flexibility index (Phi) is 8.89. The van der Waals surface area contributed by atoms with Crippen LogP contribution in [0.3, 0.4) is 0 Å². The first-order chi connectivity index (χ1) is 19.9. The van der Waals surface area contributed by atoms with Crippen molar-refractivity contribution in [3.05, 3.63) is 89.5 Å². The number of anilines is 2. The van der Waals surface area contributed by atoms with Crippen LogP contribution in [0.2, 0.25) is 0 Å². The lowest BCUT2D eigenvalue weighted by molar-refractivity contribution is -0.117. The largest absolute Gasteiger partial charge is 0.462 e. The Hall–Kier alpha value is -4.30. The predicted octanol–water partition coefficient (Wildman–Crippen LogP) is 5.56. The van der Waals surface area contributed by atoms with Gasteiger partial charge in [-0.05, 0) is 80.4 Å². The third kappa shape index (κ3) is 6.55. The van der Waals surface area contributed by atoms with Gasteiger partial charge in [-0.1, -0.05) is 42.8 Å². The van der Waals surface area contributed by atoms with Crippen LogP contribution < -0.4 is 10.2 Å². The summed E-state index contributed by atoms with van der Waals surface area (Å²) in [5, 5.41) is 2.92. The summed E-state index contributed by atoms with van der Waals surface area (Å²) in [4.78, 5) is 47.3. The van der Waals surface area contributed by atoms with Gasteiger partial charge in [0.05, 0.1) is 23.6 Å². The Labute approximate surface area is 241 Å². The zero-order chi connectivity index (χ0) is 28.8. The number of hydrogen-bond donors (Lipinski definition) is 1. The molecule has 2 aliphatic rings. The standard InChI is InChI=1S/C33H36N4O4/c1-3-41-33(40)25-12-17-28-29(22-25)35-32(39)30(28)31(24-10-6-4-7-11-24)34-26-13-15-27(16-14-26)37(23(2)38)21-20-36-18-8-5-9-19-36/h4,6-7,10-17,22,30H,3,5,8-9,18-21H2,1-2H3,(H,35,39). The molecule has 3 aromatic carbocycles. The molecule has 41 heavy (non-hydrogen) atoms. The van der Waals surface area contributed by atoms with E-state index in [2.05, 4.69) is 10.2 Å². The summed E-state index contributed by atoms with van der Waals surface area (Å²) >= 11 is 0. The molecule has 3 aromatic rings. The van der Waals surface area contributed by atoms with E-state index in [0.717, 1.165) is 36.4 Å². The lowest BCUT2D eigenvalue weighted by Gasteiger charge is -2.29. The summed E-state index contributed by atoms with van der Waals surface area (Å²) in [5.74, 6) is -1.28. The zero-order valence-electron chi connectivity index (χ0n) is 23.6. The number of esters is 1. The van der Waals surface area contributed by atoms with Crippen LogP contribution in [0.25, 0.3) is 0 Å². The highest BCUT2D eigenvalue weighted by Crippen LogP contribution is 2.37. The SMILES string of the molecule is CCOC(=O)c1ccc2c(c1)NC(=O)C2C(=Nc1ccc(N(CCN2CCCCC2)C(C)=O)cc1)c1ccccc1. The molecule has 0 saturated carbocycles. The number of nitrogens with zero attached hydrogens (tertiary/aromatic N) is 3. The van der Waals surface area contributed by atoms with Crippen molar-refractivity contribution in [2.24, 2.45) is 4.99 Å². The van der Waals surface area contributed by atoms with Gasteiger partial charge in [0.15, 0.2) is 0 Å². The molecule has 0 spiro atoms. The monoisotopic (exact) mass is 552 g/mol. The second-order valence-electron chi connectivity index (χ2n) is 10.4. The number of benzene rings is 3. The minimum Gasteiger partial charge on any atom is -0.462 e. The Morgan fingerprint density at radius 3 is 2.39 bits per heavy atom. The quantitative estimate of drug-likeness (QED) is 0.277. The zero-order valence-corrected chi connectivity index (χ0v) is 23.6. The molecule has 2 amide bonds. The third-order valence-electron chi connectivity index (χ3n) is 7.62. The Morgan fingerprint density at radius 1 is 0.976 bits per heavy atom. The summed E-state index contributed by atoms with van der Waals surface area (Å²) in [6.45, 7) is 7.29. The second kappa shape index (κ2) is 12.9. The number of nitrogens with one attached hydrogen (secondary N) is 1. The van der Waals surface area contributed by atoms with Crippen LogP contribution in [0.4, 0.5) is 17.1 Å². The molecule has 2 heterocycles. The molecule has 0 bridgehead atoms. The van der Waals surface area contributed by atoms with E-state index in [-0.39, 0.29) is 18.4 Å². The van der Waals surface area contributed by atoms with Crippen molar-refractivity contribution in [3.63, 3.8) is 0 Å². The van der Waals surface area contributed by atoms with Gasteiger partial charge in [-0.15, -0.1) is 0 Å². The van der Waals surface area contributed by atoms with E-state index in [4.69, 9.17) is 9.73 Å². The number of likely N-dealkylation sites (tertiary alicyclic amines) is 1. The highest BCUT2D eigenvalue weighted by Gasteiger charge is 2.36. The number of carbonyl (C=O) groups excluding carboxylic acids is 3. The topological polar surface area (TPSA) is 91.3 Å². The van der Waals surface area contributed by atoms with E-state index < -0.39 is 11.9 Å². The van der Waals surface area contributed by atoms with Gasteiger partial charge in [-0.3, -0.25) is 14.6 Å². The molecule has 0 aromatic heterocycles. The van der Waals surface area contributed by atoms with Crippen LogP contribution in [0.1, 0.15) is 60.5 Å². The van der Waals surface area contributed by atoms with E-state index in [9.17, 15) is 14.4 Å². The molecular weight excluding hydrogens is 516 g/mol. The number of amides is 2. The summed E-state index contributed by atoms with van der Waals surface area (Å²) in [5.41, 5.74) is 4.65. The van der Waals surface area contributed by atoms with Crippen molar-refractivity contribution in [1.29, 1.82) is 0 Å². The number of aliphatic imine (C=N–C) groups is 1. The normalized spacial score (nSPS) is 17.1. The van der Waals surface area contributed by atoms with E-state index in [1.807, 2.05) is 59.5 Å². The Morgan fingerprint density at radius 2 is 1.71 bits per heavy atom. The first-order valence-corrected chi connectivity index (χ1v) is 14.3. The fraction of sp³-hybridized carbons (Fsp3) is 0.333. The molecule has 1 atom stereocenters. The highest BCUT2D eigenvalue weighted by molar-refractivity contribution is 6.24. The minimum absolute atomic E-state index is 0.00431. The average Bonchev–Trinajstić information content (AvgIpc) is 3.32. The van der Waals surface area contributed by atoms with Crippen LogP contribution in [0.15, 0.2) is 77.8 Å². The summed E-state index contributed by atoms with van der Waals surface area (Å²) in [6, 6.07) is 22.3. The number of fused-ring (bicyclic) bond motifs is 1. The van der Waals surface area contributed by atoms with Gasteiger partial charge in [0.25, 0.3) is 0 Å². The summed E-state index contributed by atoms with van der Waals surface area (Å²) < 4.78 is 5.12. The van der Waals surface area contributed by atoms with Gasteiger partial charge in [-0.25, -0.2) is 4.79 Å². The van der Waals surface area contributed by atoms with Gasteiger partial charge in [-0.2, -0.15) is 0 Å². The number of carbonyl (C=O) groups is 3. The molecule has 5 rings (SSSR count). The van der Waals surface area contributed by atoms with Crippen LogP contribution >= 0.6 is 0 Å². The van der Waals surface area contributed by atoms with Crippen molar-refractivity contribution in [1.82, 2.24) is 4.90 Å². The van der Waals surface area contributed by atoms with E-state index in [1.54, 1.807) is 32.0 Å². The third-order valence-corrected chi connectivity index (χ3v) is 7.62. The molecule has 1 unspecified atom stereocenters. The van der Waals surface area contributed by atoms with Crippen LogP contribution in [-0.4, -0.2) is 61.2 Å². The number of ether oxygens (including phenoxy) is 1. The molecule has 2 aliphatic heterocycles. The molecule has 212 valence electrons. The molecule has 1 saturated heterocycles. The Bertz CT molecular complexity index is 1430. The number of piperidine rings is 1. The average molecular weight is 553 g/mol. The predicted molar refractivity (Wildman–Crippen MR) is 161 cm³/mol. The number of rotatable bonds is 9. The van der Waals surface area contributed by atoms with Crippen molar-refractivity contribution in [3.8, 4) is 0 Å². The molecule has 8 nitrogen and oxygen atoms in total. The highest BCUT2D eigenvalue weighted by atomic mass is 16.5. The smallest absolute Gasteiger partial charge is 0.338 e. The second-order valence-corrected chi connectivity index (χ2v) is 10.4. The maximum Gasteiger partial charge on any atom is 0.338 e.